The van der Waals surface area contributed by atoms with Gasteiger partial charge in [0, 0.05) is 6.54 Å². The monoisotopic (exact) mass is 266 g/mol. The second-order valence-electron chi connectivity index (χ2n) is 4.50. The Hall–Kier alpha value is -1.57. The second kappa shape index (κ2) is 4.60. The number of halogens is 3. The van der Waals surface area contributed by atoms with Gasteiger partial charge in [-0.2, -0.15) is 18.3 Å². The van der Waals surface area contributed by atoms with Crippen LogP contribution >= 0.6 is 0 Å². The van der Waals surface area contributed by atoms with Crippen LogP contribution in [0.3, 0.4) is 0 Å². The van der Waals surface area contributed by atoms with Crippen molar-refractivity contribution < 1.29 is 28.2 Å². The molecule has 0 amide bonds. The molecule has 18 heavy (non-hydrogen) atoms. The molecule has 1 aromatic heterocycles. The fourth-order valence-corrected chi connectivity index (χ4v) is 1.39. The van der Waals surface area contributed by atoms with Crippen molar-refractivity contribution in [3.8, 4) is 0 Å². The standard InChI is InChI=1S/C10H13F3N2O3/c1-9(2,18)3-4-15-7(10(11,12)13)6(5-14-15)8(16)17/h5,18H,3-4H2,1-2H3,(H,16,17). The van der Waals surface area contributed by atoms with E-state index in [2.05, 4.69) is 5.10 Å². The van der Waals surface area contributed by atoms with E-state index in [9.17, 15) is 23.1 Å². The number of aliphatic hydroxyl groups is 1. The minimum Gasteiger partial charge on any atom is -0.478 e. The van der Waals surface area contributed by atoms with E-state index in [1.54, 1.807) is 0 Å². The Morgan fingerprint density at radius 2 is 2.00 bits per heavy atom. The molecule has 0 radical (unpaired) electrons. The summed E-state index contributed by atoms with van der Waals surface area (Å²) in [4.78, 5) is 10.7. The van der Waals surface area contributed by atoms with Gasteiger partial charge in [0.1, 0.15) is 5.56 Å². The predicted molar refractivity (Wildman–Crippen MR) is 55.1 cm³/mol. The molecule has 1 rings (SSSR count). The molecule has 0 aliphatic rings. The van der Waals surface area contributed by atoms with Crippen LogP contribution in [-0.2, 0) is 12.7 Å². The smallest absolute Gasteiger partial charge is 0.433 e. The molecule has 0 bridgehead atoms. The Morgan fingerprint density at radius 1 is 1.44 bits per heavy atom. The number of nitrogens with zero attached hydrogens (tertiary/aromatic N) is 2. The van der Waals surface area contributed by atoms with Crippen LogP contribution in [0.5, 0.6) is 0 Å². The first-order valence-electron chi connectivity index (χ1n) is 5.11. The third kappa shape index (κ3) is 3.46. The van der Waals surface area contributed by atoms with Crippen LogP contribution in [0.2, 0.25) is 0 Å². The van der Waals surface area contributed by atoms with Crippen molar-refractivity contribution in [1.29, 1.82) is 0 Å². The SMILES string of the molecule is CC(C)(O)CCn1ncc(C(=O)O)c1C(F)(F)F. The molecule has 0 fully saturated rings. The van der Waals surface area contributed by atoms with Crippen LogP contribution in [0.1, 0.15) is 36.3 Å². The number of rotatable bonds is 4. The predicted octanol–water partition coefficient (Wildman–Crippen LogP) is 1.76. The Bertz CT molecular complexity index is 446. The van der Waals surface area contributed by atoms with E-state index >= 15 is 0 Å². The summed E-state index contributed by atoms with van der Waals surface area (Å²) in [5.74, 6) is -1.68. The molecule has 0 atom stereocenters. The highest BCUT2D eigenvalue weighted by molar-refractivity contribution is 5.88. The Kier molecular flexibility index (Phi) is 3.70. The fourth-order valence-electron chi connectivity index (χ4n) is 1.39. The summed E-state index contributed by atoms with van der Waals surface area (Å²) in [5.41, 5.74) is -3.35. The number of hydrogen-bond acceptors (Lipinski definition) is 3. The number of hydrogen-bond donors (Lipinski definition) is 2. The van der Waals surface area contributed by atoms with Crippen molar-refractivity contribution in [1.82, 2.24) is 9.78 Å². The van der Waals surface area contributed by atoms with E-state index in [1.807, 2.05) is 0 Å². The van der Waals surface area contributed by atoms with Gasteiger partial charge in [-0.15, -0.1) is 0 Å². The van der Waals surface area contributed by atoms with Crippen molar-refractivity contribution in [2.75, 3.05) is 0 Å². The minimum absolute atomic E-state index is 0.0246. The lowest BCUT2D eigenvalue weighted by molar-refractivity contribution is -0.145. The quantitative estimate of drug-likeness (QED) is 0.870. The Balaban J connectivity index is 3.10. The molecular formula is C10H13F3N2O3. The summed E-state index contributed by atoms with van der Waals surface area (Å²) in [5, 5.41) is 21.5. The first kappa shape index (κ1) is 14.5. The highest BCUT2D eigenvalue weighted by atomic mass is 19.4. The number of aromatic nitrogens is 2. The first-order chi connectivity index (χ1) is 8.02. The highest BCUT2D eigenvalue weighted by Crippen LogP contribution is 2.32. The molecule has 0 saturated carbocycles. The Morgan fingerprint density at radius 3 is 2.39 bits per heavy atom. The summed E-state index contributed by atoms with van der Waals surface area (Å²) in [6.07, 6.45) is -4.11. The van der Waals surface area contributed by atoms with E-state index in [4.69, 9.17) is 5.11 Å². The van der Waals surface area contributed by atoms with Gasteiger partial charge in [0.25, 0.3) is 0 Å². The zero-order chi connectivity index (χ0) is 14.1. The minimum atomic E-state index is -4.80. The van der Waals surface area contributed by atoms with E-state index in [0.717, 1.165) is 0 Å². The number of carboxylic acid groups (broad SMARTS) is 1. The molecule has 0 aliphatic carbocycles. The van der Waals surface area contributed by atoms with E-state index < -0.39 is 29.0 Å². The lowest BCUT2D eigenvalue weighted by atomic mass is 10.1. The summed E-state index contributed by atoms with van der Waals surface area (Å²) < 4.78 is 38.8. The molecule has 8 heteroatoms. The molecule has 0 aromatic carbocycles. The Labute approximate surface area is 101 Å². The maximum Gasteiger partial charge on any atom is 0.433 e. The van der Waals surface area contributed by atoms with Crippen molar-refractivity contribution in [2.24, 2.45) is 0 Å². The molecule has 0 spiro atoms. The molecular weight excluding hydrogens is 253 g/mol. The number of carbonyl (C=O) groups is 1. The van der Waals surface area contributed by atoms with Gasteiger partial charge in [-0.05, 0) is 20.3 Å². The van der Waals surface area contributed by atoms with Gasteiger partial charge in [0.2, 0.25) is 0 Å². The number of carboxylic acids is 1. The summed E-state index contributed by atoms with van der Waals surface area (Å²) in [6, 6.07) is 0. The van der Waals surface area contributed by atoms with Gasteiger partial charge in [0.15, 0.2) is 5.69 Å². The summed E-state index contributed by atoms with van der Waals surface area (Å²) >= 11 is 0. The van der Waals surface area contributed by atoms with Crippen LogP contribution in [-0.4, -0.2) is 31.6 Å². The average Bonchev–Trinajstić information content (AvgIpc) is 2.56. The maximum absolute atomic E-state index is 12.7. The molecule has 1 heterocycles. The maximum atomic E-state index is 12.7. The third-order valence-electron chi connectivity index (χ3n) is 2.27. The zero-order valence-electron chi connectivity index (χ0n) is 9.82. The fraction of sp³-hybridized carbons (Fsp3) is 0.600. The van der Waals surface area contributed by atoms with Gasteiger partial charge in [-0.3, -0.25) is 4.68 Å². The van der Waals surface area contributed by atoms with Crippen LogP contribution in [0, 0.1) is 0 Å². The molecule has 2 N–H and O–H groups in total. The molecule has 0 aliphatic heterocycles. The summed E-state index contributed by atoms with van der Waals surface area (Å²) in [7, 11) is 0. The lowest BCUT2D eigenvalue weighted by Crippen LogP contribution is -2.24. The van der Waals surface area contributed by atoms with Gasteiger partial charge in [0.05, 0.1) is 11.8 Å². The van der Waals surface area contributed by atoms with Crippen molar-refractivity contribution in [2.45, 2.75) is 38.6 Å². The van der Waals surface area contributed by atoms with Crippen molar-refractivity contribution in [3.63, 3.8) is 0 Å². The largest absolute Gasteiger partial charge is 0.478 e. The topological polar surface area (TPSA) is 75.3 Å². The van der Waals surface area contributed by atoms with Gasteiger partial charge in [-0.1, -0.05) is 0 Å². The highest BCUT2D eigenvalue weighted by Gasteiger charge is 2.40. The number of aromatic carboxylic acids is 1. The lowest BCUT2D eigenvalue weighted by Gasteiger charge is -2.18. The van der Waals surface area contributed by atoms with Crippen molar-refractivity contribution in [3.05, 3.63) is 17.5 Å². The van der Waals surface area contributed by atoms with Gasteiger partial charge >= 0.3 is 12.1 Å². The van der Waals surface area contributed by atoms with Gasteiger partial charge in [-0.25, -0.2) is 4.79 Å². The molecule has 1 aromatic rings. The van der Waals surface area contributed by atoms with Crippen molar-refractivity contribution >= 4 is 5.97 Å². The molecule has 0 unspecified atom stereocenters. The third-order valence-corrected chi connectivity index (χ3v) is 2.27. The van der Waals surface area contributed by atoms with Crippen LogP contribution in [0.15, 0.2) is 6.20 Å². The zero-order valence-corrected chi connectivity index (χ0v) is 9.82. The van der Waals surface area contributed by atoms with Crippen LogP contribution in [0.25, 0.3) is 0 Å². The normalized spacial score (nSPS) is 12.8. The average molecular weight is 266 g/mol. The number of aryl methyl sites for hydroxylation is 1. The van der Waals surface area contributed by atoms with Crippen LogP contribution in [0.4, 0.5) is 13.2 Å². The molecule has 0 saturated heterocycles. The molecule has 5 nitrogen and oxygen atoms in total. The van der Waals surface area contributed by atoms with E-state index in [0.29, 0.717) is 10.9 Å². The molecule has 102 valence electrons. The van der Waals surface area contributed by atoms with E-state index in [-0.39, 0.29) is 13.0 Å². The first-order valence-corrected chi connectivity index (χ1v) is 5.11. The second-order valence-corrected chi connectivity index (χ2v) is 4.50. The summed E-state index contributed by atoms with van der Waals surface area (Å²) in [6.45, 7) is 2.68. The number of alkyl halides is 3. The van der Waals surface area contributed by atoms with E-state index in [1.165, 1.54) is 13.8 Å². The van der Waals surface area contributed by atoms with Gasteiger partial charge < -0.3 is 10.2 Å². The van der Waals surface area contributed by atoms with Crippen LogP contribution < -0.4 is 0 Å².